The number of nitrogens with one attached hydrogen (secondary N) is 1. The van der Waals surface area contributed by atoms with Gasteiger partial charge in [-0.2, -0.15) is 0 Å². The Labute approximate surface area is 83.3 Å². The lowest BCUT2D eigenvalue weighted by atomic mass is 10.1. The summed E-state index contributed by atoms with van der Waals surface area (Å²) in [6, 6.07) is 0.481. The molecule has 2 heteroatoms. The second-order valence-corrected chi connectivity index (χ2v) is 9.63. The Kier molecular flexibility index (Phi) is 4.02. The predicted octanol–water partition coefficient (Wildman–Crippen LogP) is 2.40. The first kappa shape index (κ1) is 10.8. The molecule has 1 fully saturated rings. The van der Waals surface area contributed by atoms with Crippen LogP contribution in [0.3, 0.4) is 0 Å². The van der Waals surface area contributed by atoms with Gasteiger partial charge in [0.25, 0.3) is 0 Å². The van der Waals surface area contributed by atoms with Gasteiger partial charge in [0.1, 0.15) is 8.07 Å². The van der Waals surface area contributed by atoms with Gasteiger partial charge in [-0.05, 0) is 19.4 Å². The molecule has 0 saturated carbocycles. The lowest BCUT2D eigenvalue weighted by Crippen LogP contribution is -2.27. The Bertz CT molecular complexity index is 198. The molecular weight excluding hydrogens is 174 g/mol. The average Bonchev–Trinajstić information content (AvgIpc) is 2.26. The van der Waals surface area contributed by atoms with Crippen LogP contribution in [-0.4, -0.2) is 20.7 Å². The number of hydrogen-bond acceptors (Lipinski definition) is 1. The minimum Gasteiger partial charge on any atom is -0.304 e. The molecule has 1 saturated heterocycles. The van der Waals surface area contributed by atoms with Crippen molar-refractivity contribution >= 4 is 8.07 Å². The third kappa shape index (κ3) is 5.12. The quantitative estimate of drug-likeness (QED) is 0.462. The highest BCUT2D eigenvalue weighted by molar-refractivity contribution is 6.83. The zero-order valence-electron chi connectivity index (χ0n) is 9.11. The Morgan fingerprint density at radius 1 is 1.15 bits per heavy atom. The van der Waals surface area contributed by atoms with Crippen molar-refractivity contribution in [1.82, 2.24) is 5.32 Å². The molecule has 0 bridgehead atoms. The molecule has 1 N–H and O–H groups in total. The fraction of sp³-hybridized carbons (Fsp3) is 0.818. The lowest BCUT2D eigenvalue weighted by molar-refractivity contribution is 0.613. The van der Waals surface area contributed by atoms with Gasteiger partial charge in [0.2, 0.25) is 0 Å². The fourth-order valence-corrected chi connectivity index (χ4v) is 2.06. The van der Waals surface area contributed by atoms with Crippen LogP contribution in [0.4, 0.5) is 0 Å². The van der Waals surface area contributed by atoms with Crippen LogP contribution >= 0.6 is 0 Å². The molecule has 1 aliphatic rings. The summed E-state index contributed by atoms with van der Waals surface area (Å²) in [4.78, 5) is 0. The van der Waals surface area contributed by atoms with Gasteiger partial charge in [0.05, 0.1) is 6.04 Å². The second kappa shape index (κ2) is 4.83. The van der Waals surface area contributed by atoms with E-state index in [9.17, 15) is 0 Å². The summed E-state index contributed by atoms with van der Waals surface area (Å²) < 4.78 is 0. The smallest absolute Gasteiger partial charge is 0.129 e. The first-order valence-corrected chi connectivity index (χ1v) is 8.84. The molecule has 0 aromatic carbocycles. The van der Waals surface area contributed by atoms with E-state index in [1.54, 1.807) is 0 Å². The largest absolute Gasteiger partial charge is 0.304 e. The molecule has 1 heterocycles. The SMILES string of the molecule is C[Si](C)(C)C#CC1CCCCCN1. The molecule has 0 radical (unpaired) electrons. The molecule has 0 aromatic rings. The molecular formula is C11H21NSi. The highest BCUT2D eigenvalue weighted by Crippen LogP contribution is 2.08. The lowest BCUT2D eigenvalue weighted by Gasteiger charge is -2.10. The van der Waals surface area contributed by atoms with E-state index in [4.69, 9.17) is 0 Å². The van der Waals surface area contributed by atoms with E-state index in [0.29, 0.717) is 6.04 Å². The van der Waals surface area contributed by atoms with Gasteiger partial charge in [-0.1, -0.05) is 38.4 Å². The van der Waals surface area contributed by atoms with Gasteiger partial charge in [-0.15, -0.1) is 5.54 Å². The van der Waals surface area contributed by atoms with Gasteiger partial charge in [0, 0.05) is 0 Å². The average molecular weight is 195 g/mol. The van der Waals surface area contributed by atoms with Crippen LogP contribution in [0.5, 0.6) is 0 Å². The minimum atomic E-state index is -1.16. The zero-order valence-corrected chi connectivity index (χ0v) is 10.1. The minimum absolute atomic E-state index is 0.481. The molecule has 0 spiro atoms. The van der Waals surface area contributed by atoms with Crippen molar-refractivity contribution in [2.24, 2.45) is 0 Å². The first-order chi connectivity index (χ1) is 6.08. The molecule has 1 unspecified atom stereocenters. The summed E-state index contributed by atoms with van der Waals surface area (Å²) in [5.74, 6) is 3.40. The molecule has 0 amide bonds. The normalized spacial score (nSPS) is 24.4. The van der Waals surface area contributed by atoms with E-state index < -0.39 is 8.07 Å². The Hall–Kier alpha value is -0.263. The van der Waals surface area contributed by atoms with E-state index in [1.165, 1.54) is 25.7 Å². The van der Waals surface area contributed by atoms with Gasteiger partial charge in [-0.3, -0.25) is 0 Å². The molecule has 1 nitrogen and oxygen atoms in total. The highest BCUT2D eigenvalue weighted by atomic mass is 28.3. The van der Waals surface area contributed by atoms with Crippen LogP contribution in [0.1, 0.15) is 25.7 Å². The van der Waals surface area contributed by atoms with E-state index >= 15 is 0 Å². The summed E-state index contributed by atoms with van der Waals surface area (Å²) in [6.45, 7) is 8.06. The van der Waals surface area contributed by atoms with Gasteiger partial charge in [0.15, 0.2) is 0 Å². The highest BCUT2D eigenvalue weighted by Gasteiger charge is 2.11. The van der Waals surface area contributed by atoms with Crippen molar-refractivity contribution < 1.29 is 0 Å². The van der Waals surface area contributed by atoms with Crippen LogP contribution in [0, 0.1) is 11.5 Å². The molecule has 0 aliphatic carbocycles. The third-order valence-corrected chi connectivity index (χ3v) is 3.08. The predicted molar refractivity (Wildman–Crippen MR) is 61.4 cm³/mol. The van der Waals surface area contributed by atoms with Crippen molar-refractivity contribution in [3.8, 4) is 11.5 Å². The van der Waals surface area contributed by atoms with Crippen LogP contribution in [0.15, 0.2) is 0 Å². The van der Waals surface area contributed by atoms with E-state index in [1.807, 2.05) is 0 Å². The summed E-state index contributed by atoms with van der Waals surface area (Å²) >= 11 is 0. The molecule has 1 aliphatic heterocycles. The molecule has 1 atom stereocenters. The maximum absolute atomic E-state index is 3.50. The molecule has 1 rings (SSSR count). The first-order valence-electron chi connectivity index (χ1n) is 5.34. The maximum atomic E-state index is 3.50. The fourth-order valence-electron chi connectivity index (χ4n) is 1.46. The van der Waals surface area contributed by atoms with Crippen LogP contribution < -0.4 is 5.32 Å². The van der Waals surface area contributed by atoms with Gasteiger partial charge < -0.3 is 5.32 Å². The maximum Gasteiger partial charge on any atom is 0.129 e. The van der Waals surface area contributed by atoms with Gasteiger partial charge >= 0.3 is 0 Å². The molecule has 0 aromatic heterocycles. The summed E-state index contributed by atoms with van der Waals surface area (Å²) in [6.07, 6.45) is 5.29. The summed E-state index contributed by atoms with van der Waals surface area (Å²) in [7, 11) is -1.16. The summed E-state index contributed by atoms with van der Waals surface area (Å²) in [5, 5.41) is 3.50. The monoisotopic (exact) mass is 195 g/mol. The van der Waals surface area contributed by atoms with Crippen molar-refractivity contribution in [1.29, 1.82) is 0 Å². The van der Waals surface area contributed by atoms with E-state index in [0.717, 1.165) is 6.54 Å². The van der Waals surface area contributed by atoms with Crippen LogP contribution in [-0.2, 0) is 0 Å². The molecule has 13 heavy (non-hydrogen) atoms. The zero-order chi connectivity index (χ0) is 9.73. The number of hydrogen-bond donors (Lipinski definition) is 1. The summed E-state index contributed by atoms with van der Waals surface area (Å²) in [5.41, 5.74) is 3.45. The van der Waals surface area contributed by atoms with Gasteiger partial charge in [-0.25, -0.2) is 0 Å². The van der Waals surface area contributed by atoms with Crippen LogP contribution in [0.2, 0.25) is 19.6 Å². The topological polar surface area (TPSA) is 12.0 Å². The standard InChI is InChI=1S/C11H21NSi/c1-13(2,3)10-8-11-7-5-4-6-9-12-11/h11-12H,4-7,9H2,1-3H3. The Balaban J connectivity index is 2.45. The Morgan fingerprint density at radius 3 is 2.62 bits per heavy atom. The van der Waals surface area contributed by atoms with E-state index in [2.05, 4.69) is 36.4 Å². The van der Waals surface area contributed by atoms with Crippen molar-refractivity contribution in [2.75, 3.05) is 6.54 Å². The van der Waals surface area contributed by atoms with E-state index in [-0.39, 0.29) is 0 Å². The number of rotatable bonds is 0. The molecule has 74 valence electrons. The Morgan fingerprint density at radius 2 is 1.92 bits per heavy atom. The van der Waals surface area contributed by atoms with Crippen molar-refractivity contribution in [3.63, 3.8) is 0 Å². The third-order valence-electron chi connectivity index (χ3n) is 2.18. The van der Waals surface area contributed by atoms with Crippen molar-refractivity contribution in [2.45, 2.75) is 51.4 Å². The second-order valence-electron chi connectivity index (χ2n) is 4.88. The van der Waals surface area contributed by atoms with Crippen molar-refractivity contribution in [3.05, 3.63) is 0 Å². The van der Waals surface area contributed by atoms with Crippen LogP contribution in [0.25, 0.3) is 0 Å².